The molecule has 2 atom stereocenters. The minimum absolute atomic E-state index is 0.0290. The fourth-order valence-electron chi connectivity index (χ4n) is 1.99. The summed E-state index contributed by atoms with van der Waals surface area (Å²) < 4.78 is 17.5. The average Bonchev–Trinajstić information content (AvgIpc) is 2.19. The van der Waals surface area contributed by atoms with Crippen molar-refractivity contribution in [3.8, 4) is 0 Å². The Balaban J connectivity index is 4.93. The molecule has 0 saturated heterocycles. The van der Waals surface area contributed by atoms with Crippen LogP contribution in [0.2, 0.25) is 5.54 Å². The van der Waals surface area contributed by atoms with Gasteiger partial charge in [0.25, 0.3) is 0 Å². The maximum Gasteiger partial charge on any atom is 0.505 e. The summed E-state index contributed by atoms with van der Waals surface area (Å²) in [5.41, 5.74) is 6.19. The third-order valence-electron chi connectivity index (χ3n) is 2.57. The molecule has 2 N–H and O–H groups in total. The van der Waals surface area contributed by atoms with Crippen molar-refractivity contribution in [1.82, 2.24) is 0 Å². The highest BCUT2D eigenvalue weighted by Crippen LogP contribution is 2.31. The highest BCUT2D eigenvalue weighted by atomic mass is 28.4. The first-order chi connectivity index (χ1) is 7.57. The Morgan fingerprint density at radius 1 is 0.938 bits per heavy atom. The molecule has 0 rings (SSSR count). The fraction of sp³-hybridized carbons (Fsp3) is 1.00. The second-order valence-corrected chi connectivity index (χ2v) is 6.59. The molecule has 98 valence electrons. The number of rotatable bonds is 9. The van der Waals surface area contributed by atoms with Gasteiger partial charge in [-0.05, 0) is 34.1 Å². The fourth-order valence-corrected chi connectivity index (χ4v) is 5.24. The van der Waals surface area contributed by atoms with Crippen LogP contribution in [0.15, 0.2) is 0 Å². The van der Waals surface area contributed by atoms with Gasteiger partial charge in [0.2, 0.25) is 0 Å². The predicted octanol–water partition coefficient (Wildman–Crippen LogP) is 2.16. The van der Waals surface area contributed by atoms with Gasteiger partial charge in [0.1, 0.15) is 0 Å². The SMILES string of the molecule is CCO[Si](OCC)(OCC)C(CC)C(C)N. The van der Waals surface area contributed by atoms with Gasteiger partial charge < -0.3 is 19.0 Å². The van der Waals surface area contributed by atoms with E-state index in [9.17, 15) is 0 Å². The molecule has 4 nitrogen and oxygen atoms in total. The monoisotopic (exact) mass is 249 g/mol. The molecule has 0 aromatic rings. The van der Waals surface area contributed by atoms with Crippen LogP contribution in [-0.4, -0.2) is 34.7 Å². The van der Waals surface area contributed by atoms with E-state index in [0.29, 0.717) is 19.8 Å². The van der Waals surface area contributed by atoms with E-state index in [1.54, 1.807) is 0 Å². The summed E-state index contributed by atoms with van der Waals surface area (Å²) in [7, 11) is -2.61. The van der Waals surface area contributed by atoms with E-state index in [1.165, 1.54) is 0 Å². The minimum atomic E-state index is -2.61. The molecule has 0 heterocycles. The van der Waals surface area contributed by atoms with Gasteiger partial charge in [0.15, 0.2) is 0 Å². The normalized spacial score (nSPS) is 16.1. The van der Waals surface area contributed by atoms with Gasteiger partial charge in [-0.1, -0.05) is 6.92 Å². The van der Waals surface area contributed by atoms with Crippen LogP contribution >= 0.6 is 0 Å². The molecule has 16 heavy (non-hydrogen) atoms. The van der Waals surface area contributed by atoms with E-state index in [-0.39, 0.29) is 11.6 Å². The maximum atomic E-state index is 6.02. The molecule has 0 saturated carbocycles. The Hall–Kier alpha value is 0.0569. The van der Waals surface area contributed by atoms with Gasteiger partial charge >= 0.3 is 8.80 Å². The molecular formula is C11H27NO3Si. The molecule has 2 unspecified atom stereocenters. The van der Waals surface area contributed by atoms with Crippen molar-refractivity contribution < 1.29 is 13.3 Å². The standard InChI is InChI=1S/C11H27NO3Si/c1-6-11(10(5)12)16(13-7-2,14-8-3)15-9-4/h10-11H,6-9,12H2,1-5H3. The number of hydrogen-bond donors (Lipinski definition) is 1. The quantitative estimate of drug-likeness (QED) is 0.636. The molecule has 0 aliphatic rings. The van der Waals surface area contributed by atoms with Crippen LogP contribution in [0.3, 0.4) is 0 Å². The van der Waals surface area contributed by atoms with Gasteiger partial charge in [-0.2, -0.15) is 0 Å². The van der Waals surface area contributed by atoms with Crippen molar-refractivity contribution in [2.45, 2.75) is 52.6 Å². The summed E-state index contributed by atoms with van der Waals surface area (Å²) in [5, 5.41) is 0. The lowest BCUT2D eigenvalue weighted by molar-refractivity contribution is 0.0579. The third kappa shape index (κ3) is 4.14. The third-order valence-corrected chi connectivity index (χ3v) is 6.48. The molecule has 5 heteroatoms. The second kappa shape index (κ2) is 8.19. The maximum absolute atomic E-state index is 6.02. The molecule has 0 amide bonds. The Kier molecular flexibility index (Phi) is 8.22. The van der Waals surface area contributed by atoms with E-state index in [0.717, 1.165) is 6.42 Å². The lowest BCUT2D eigenvalue weighted by Gasteiger charge is -2.36. The number of nitrogens with two attached hydrogens (primary N) is 1. The van der Waals surface area contributed by atoms with Crippen LogP contribution < -0.4 is 5.73 Å². The first-order valence-corrected chi connectivity index (χ1v) is 8.05. The second-order valence-electron chi connectivity index (χ2n) is 3.78. The van der Waals surface area contributed by atoms with Crippen molar-refractivity contribution in [2.75, 3.05) is 19.8 Å². The van der Waals surface area contributed by atoms with Crippen LogP contribution in [0.4, 0.5) is 0 Å². The van der Waals surface area contributed by atoms with E-state index in [1.807, 2.05) is 27.7 Å². The molecular weight excluding hydrogens is 222 g/mol. The highest BCUT2D eigenvalue weighted by Gasteiger charge is 2.49. The molecule has 0 fully saturated rings. The summed E-state index contributed by atoms with van der Waals surface area (Å²) in [4.78, 5) is 0. The van der Waals surface area contributed by atoms with Crippen molar-refractivity contribution >= 4 is 8.80 Å². The molecule has 0 aromatic heterocycles. The smallest absolute Gasteiger partial charge is 0.374 e. The summed E-state index contributed by atoms with van der Waals surface area (Å²) in [6, 6.07) is 0.0290. The van der Waals surface area contributed by atoms with Crippen LogP contribution in [0.1, 0.15) is 41.0 Å². The summed E-state index contributed by atoms with van der Waals surface area (Å²) >= 11 is 0. The van der Waals surface area contributed by atoms with Crippen LogP contribution in [-0.2, 0) is 13.3 Å². The molecule has 0 radical (unpaired) electrons. The Bertz CT molecular complexity index is 162. The Morgan fingerprint density at radius 3 is 1.50 bits per heavy atom. The lowest BCUT2D eigenvalue weighted by atomic mass is 10.2. The topological polar surface area (TPSA) is 53.7 Å². The molecule has 0 aromatic carbocycles. The van der Waals surface area contributed by atoms with Crippen LogP contribution in [0.5, 0.6) is 0 Å². The first-order valence-electron chi connectivity index (χ1n) is 6.25. The van der Waals surface area contributed by atoms with E-state index < -0.39 is 8.80 Å². The van der Waals surface area contributed by atoms with Crippen LogP contribution in [0, 0.1) is 0 Å². The van der Waals surface area contributed by atoms with Gasteiger partial charge in [0, 0.05) is 31.4 Å². The van der Waals surface area contributed by atoms with E-state index >= 15 is 0 Å². The Labute approximate surface area is 101 Å². The first kappa shape index (κ1) is 16.1. The highest BCUT2D eigenvalue weighted by molar-refractivity contribution is 6.62. The lowest BCUT2D eigenvalue weighted by Crippen LogP contribution is -2.54. The number of hydrogen-bond acceptors (Lipinski definition) is 4. The zero-order valence-electron chi connectivity index (χ0n) is 11.3. The largest absolute Gasteiger partial charge is 0.505 e. The zero-order valence-corrected chi connectivity index (χ0v) is 12.3. The van der Waals surface area contributed by atoms with Gasteiger partial charge in [-0.15, -0.1) is 0 Å². The van der Waals surface area contributed by atoms with Crippen molar-refractivity contribution in [3.63, 3.8) is 0 Å². The van der Waals surface area contributed by atoms with E-state index in [4.69, 9.17) is 19.0 Å². The summed E-state index contributed by atoms with van der Waals surface area (Å²) in [5.74, 6) is 0. The van der Waals surface area contributed by atoms with Crippen molar-refractivity contribution in [3.05, 3.63) is 0 Å². The van der Waals surface area contributed by atoms with E-state index in [2.05, 4.69) is 6.92 Å². The molecule has 0 aliphatic heterocycles. The van der Waals surface area contributed by atoms with Crippen molar-refractivity contribution in [1.29, 1.82) is 0 Å². The molecule has 0 bridgehead atoms. The minimum Gasteiger partial charge on any atom is -0.374 e. The predicted molar refractivity (Wildman–Crippen MR) is 68.3 cm³/mol. The molecule has 0 aliphatic carbocycles. The zero-order chi connectivity index (χ0) is 12.6. The van der Waals surface area contributed by atoms with Crippen LogP contribution in [0.25, 0.3) is 0 Å². The average molecular weight is 249 g/mol. The van der Waals surface area contributed by atoms with Gasteiger partial charge in [-0.25, -0.2) is 0 Å². The molecule has 0 spiro atoms. The van der Waals surface area contributed by atoms with Gasteiger partial charge in [0.05, 0.1) is 0 Å². The summed E-state index contributed by atoms with van der Waals surface area (Å²) in [6.45, 7) is 11.8. The van der Waals surface area contributed by atoms with Gasteiger partial charge in [-0.3, -0.25) is 0 Å². The summed E-state index contributed by atoms with van der Waals surface area (Å²) in [6.07, 6.45) is 0.921. The Morgan fingerprint density at radius 2 is 1.31 bits per heavy atom. The van der Waals surface area contributed by atoms with Crippen molar-refractivity contribution in [2.24, 2.45) is 5.73 Å².